The van der Waals surface area contributed by atoms with Crippen LogP contribution in [0.15, 0.2) is 24.3 Å². The molecule has 2 rings (SSSR count). The van der Waals surface area contributed by atoms with Gasteiger partial charge in [0.05, 0.1) is 13.1 Å². The lowest BCUT2D eigenvalue weighted by Crippen LogP contribution is -2.35. The first-order valence-corrected chi connectivity index (χ1v) is 8.29. The molecule has 4 N–H and O–H groups in total. The number of benzene rings is 1. The zero-order chi connectivity index (χ0) is 16.5. The number of rotatable bonds is 5. The maximum atomic E-state index is 12.1. The van der Waals surface area contributed by atoms with E-state index in [1.165, 1.54) is 32.1 Å². The van der Waals surface area contributed by atoms with E-state index in [1.54, 1.807) is 24.3 Å². The van der Waals surface area contributed by atoms with Crippen molar-refractivity contribution in [3.63, 3.8) is 0 Å². The van der Waals surface area contributed by atoms with E-state index < -0.39 is 0 Å². The summed E-state index contributed by atoms with van der Waals surface area (Å²) in [5.41, 5.74) is 6.65. The van der Waals surface area contributed by atoms with Crippen molar-refractivity contribution in [1.29, 1.82) is 0 Å². The summed E-state index contributed by atoms with van der Waals surface area (Å²) in [5.74, 6) is -0.233. The number of carbonyl (C=O) groups excluding carboxylic acids is 2. The summed E-state index contributed by atoms with van der Waals surface area (Å²) in [6, 6.07) is 7.05. The third kappa shape index (κ3) is 9.07. The van der Waals surface area contributed by atoms with Gasteiger partial charge in [0, 0.05) is 11.4 Å². The maximum absolute atomic E-state index is 12.1. The number of nitrogens with zero attached hydrogens (tertiary/aromatic N) is 1. The Morgan fingerprint density at radius 3 is 1.76 bits per heavy atom. The quantitative estimate of drug-likeness (QED) is 0.720. The highest BCUT2D eigenvalue weighted by molar-refractivity contribution is 5.94. The zero-order valence-electron chi connectivity index (χ0n) is 14.3. The SMILES string of the molecule is Cl.Cl.NCC(=O)Nc1ccc(NC(=O)CN2CCCCCCC2)cc1. The predicted octanol–water partition coefficient (Wildman–Crippen LogP) is 2.63. The van der Waals surface area contributed by atoms with Gasteiger partial charge < -0.3 is 16.4 Å². The van der Waals surface area contributed by atoms with Crippen LogP contribution in [0.4, 0.5) is 11.4 Å². The van der Waals surface area contributed by atoms with E-state index >= 15 is 0 Å². The standard InChI is InChI=1S/C17H26N4O2.2ClH/c18-12-16(22)19-14-6-8-15(9-7-14)20-17(23)13-21-10-4-2-1-3-5-11-21;;/h6-9H,1-5,10-13,18H2,(H,19,22)(H,20,23);2*1H. The summed E-state index contributed by atoms with van der Waals surface area (Å²) in [5, 5.41) is 5.57. The van der Waals surface area contributed by atoms with Crippen LogP contribution < -0.4 is 16.4 Å². The average molecular weight is 391 g/mol. The van der Waals surface area contributed by atoms with Gasteiger partial charge in [0.15, 0.2) is 0 Å². The fourth-order valence-electron chi connectivity index (χ4n) is 2.72. The van der Waals surface area contributed by atoms with E-state index in [9.17, 15) is 9.59 Å². The highest BCUT2D eigenvalue weighted by Crippen LogP contribution is 2.14. The molecule has 1 fully saturated rings. The van der Waals surface area contributed by atoms with Crippen LogP contribution in [0.1, 0.15) is 32.1 Å². The van der Waals surface area contributed by atoms with Gasteiger partial charge in [-0.1, -0.05) is 19.3 Å². The maximum Gasteiger partial charge on any atom is 0.238 e. The van der Waals surface area contributed by atoms with Gasteiger partial charge in [-0.2, -0.15) is 0 Å². The largest absolute Gasteiger partial charge is 0.325 e. The van der Waals surface area contributed by atoms with E-state index in [-0.39, 0.29) is 43.2 Å². The summed E-state index contributed by atoms with van der Waals surface area (Å²) in [4.78, 5) is 25.6. The Bertz CT molecular complexity index is 518. The van der Waals surface area contributed by atoms with Crippen LogP contribution >= 0.6 is 24.8 Å². The van der Waals surface area contributed by atoms with Gasteiger partial charge in [-0.15, -0.1) is 24.8 Å². The molecule has 0 atom stereocenters. The number of amides is 2. The van der Waals surface area contributed by atoms with Crippen LogP contribution in [0.2, 0.25) is 0 Å². The zero-order valence-corrected chi connectivity index (χ0v) is 16.0. The molecule has 0 spiro atoms. The van der Waals surface area contributed by atoms with E-state index in [2.05, 4.69) is 15.5 Å². The van der Waals surface area contributed by atoms with Crippen molar-refractivity contribution in [3.05, 3.63) is 24.3 Å². The number of nitrogens with two attached hydrogens (primary N) is 1. The molecule has 2 amide bonds. The molecule has 0 bridgehead atoms. The second-order valence-corrected chi connectivity index (χ2v) is 5.92. The number of anilines is 2. The molecule has 1 heterocycles. The lowest BCUT2D eigenvalue weighted by atomic mass is 10.1. The van der Waals surface area contributed by atoms with Crippen LogP contribution in [0.5, 0.6) is 0 Å². The molecular formula is C17H28Cl2N4O2. The van der Waals surface area contributed by atoms with Gasteiger partial charge in [-0.25, -0.2) is 0 Å². The molecule has 25 heavy (non-hydrogen) atoms. The second-order valence-electron chi connectivity index (χ2n) is 5.92. The van der Waals surface area contributed by atoms with Crippen LogP contribution in [0.25, 0.3) is 0 Å². The summed E-state index contributed by atoms with van der Waals surface area (Å²) >= 11 is 0. The molecule has 0 aliphatic carbocycles. The highest BCUT2D eigenvalue weighted by Gasteiger charge is 2.12. The third-order valence-corrected chi connectivity index (χ3v) is 3.95. The number of hydrogen-bond donors (Lipinski definition) is 3. The Balaban J connectivity index is 0.00000288. The lowest BCUT2D eigenvalue weighted by molar-refractivity contribution is -0.117. The number of carbonyl (C=O) groups is 2. The van der Waals surface area contributed by atoms with Gasteiger partial charge >= 0.3 is 0 Å². The molecule has 8 heteroatoms. The van der Waals surface area contributed by atoms with E-state index in [0.717, 1.165) is 18.8 Å². The Hall–Kier alpha value is -1.34. The first-order valence-electron chi connectivity index (χ1n) is 8.29. The Labute approximate surface area is 161 Å². The number of nitrogens with one attached hydrogen (secondary N) is 2. The molecule has 142 valence electrons. The Morgan fingerprint density at radius 2 is 1.28 bits per heavy atom. The lowest BCUT2D eigenvalue weighted by Gasteiger charge is -2.23. The normalized spacial score (nSPS) is 14.9. The van der Waals surface area contributed by atoms with Crippen LogP contribution in [-0.4, -0.2) is 42.9 Å². The van der Waals surface area contributed by atoms with Crippen molar-refractivity contribution in [2.75, 3.05) is 36.8 Å². The molecule has 0 radical (unpaired) electrons. The highest BCUT2D eigenvalue weighted by atomic mass is 35.5. The van der Waals surface area contributed by atoms with Gasteiger partial charge in [-0.3, -0.25) is 14.5 Å². The van der Waals surface area contributed by atoms with Crippen LogP contribution in [-0.2, 0) is 9.59 Å². The van der Waals surface area contributed by atoms with E-state index in [0.29, 0.717) is 12.2 Å². The minimum Gasteiger partial charge on any atom is -0.325 e. The van der Waals surface area contributed by atoms with Crippen molar-refractivity contribution in [3.8, 4) is 0 Å². The molecule has 1 saturated heterocycles. The second kappa shape index (κ2) is 12.9. The smallest absolute Gasteiger partial charge is 0.238 e. The number of hydrogen-bond acceptors (Lipinski definition) is 4. The topological polar surface area (TPSA) is 87.5 Å². The summed E-state index contributed by atoms with van der Waals surface area (Å²) in [6.07, 6.45) is 6.17. The van der Waals surface area contributed by atoms with Gasteiger partial charge in [0.25, 0.3) is 0 Å². The molecule has 6 nitrogen and oxygen atoms in total. The van der Waals surface area contributed by atoms with Crippen LogP contribution in [0, 0.1) is 0 Å². The molecule has 0 unspecified atom stereocenters. The minimum absolute atomic E-state index is 0. The molecular weight excluding hydrogens is 363 g/mol. The molecule has 0 saturated carbocycles. The summed E-state index contributed by atoms with van der Waals surface area (Å²) in [7, 11) is 0. The molecule has 1 aliphatic heterocycles. The number of likely N-dealkylation sites (tertiary alicyclic amines) is 1. The van der Waals surface area contributed by atoms with Crippen molar-refractivity contribution in [2.24, 2.45) is 5.73 Å². The minimum atomic E-state index is -0.237. The van der Waals surface area contributed by atoms with Gasteiger partial charge in [0.1, 0.15) is 0 Å². The summed E-state index contributed by atoms with van der Waals surface area (Å²) in [6.45, 7) is 2.38. The third-order valence-electron chi connectivity index (χ3n) is 3.95. The molecule has 0 aromatic heterocycles. The van der Waals surface area contributed by atoms with E-state index in [1.807, 2.05) is 0 Å². The van der Waals surface area contributed by atoms with E-state index in [4.69, 9.17) is 5.73 Å². The predicted molar refractivity (Wildman–Crippen MR) is 107 cm³/mol. The monoisotopic (exact) mass is 390 g/mol. The van der Waals surface area contributed by atoms with Gasteiger partial charge in [-0.05, 0) is 50.2 Å². The van der Waals surface area contributed by atoms with Crippen molar-refractivity contribution in [2.45, 2.75) is 32.1 Å². The average Bonchev–Trinajstić information content (AvgIpc) is 2.51. The Morgan fingerprint density at radius 1 is 0.840 bits per heavy atom. The first kappa shape index (κ1) is 23.7. The fourth-order valence-corrected chi connectivity index (χ4v) is 2.72. The van der Waals surface area contributed by atoms with Gasteiger partial charge in [0.2, 0.25) is 11.8 Å². The molecule has 1 aromatic rings. The van der Waals surface area contributed by atoms with Crippen LogP contribution in [0.3, 0.4) is 0 Å². The molecule has 1 aromatic carbocycles. The fraction of sp³-hybridized carbons (Fsp3) is 0.529. The van der Waals surface area contributed by atoms with Crippen molar-refractivity contribution < 1.29 is 9.59 Å². The number of halogens is 2. The van der Waals surface area contributed by atoms with Crippen molar-refractivity contribution >= 4 is 48.0 Å². The molecule has 1 aliphatic rings. The first-order chi connectivity index (χ1) is 11.2. The van der Waals surface area contributed by atoms with Crippen molar-refractivity contribution in [1.82, 2.24) is 4.90 Å². The summed E-state index contributed by atoms with van der Waals surface area (Å²) < 4.78 is 0. The Kier molecular flexibility index (Phi) is 12.2.